The van der Waals surface area contributed by atoms with Crippen molar-refractivity contribution in [1.29, 1.82) is 0 Å². The number of hydrogen-bond donors (Lipinski definition) is 1. The number of amides is 1. The SMILES string of the molecule is CCOc1ncccc1C(=O)NC[C@H]1CCCN(CC)C1. The van der Waals surface area contributed by atoms with Gasteiger partial charge in [0.1, 0.15) is 5.56 Å². The molecule has 5 nitrogen and oxygen atoms in total. The zero-order valence-electron chi connectivity index (χ0n) is 13.0. The molecule has 0 bridgehead atoms. The van der Waals surface area contributed by atoms with Crippen molar-refractivity contribution >= 4 is 5.91 Å². The van der Waals surface area contributed by atoms with Gasteiger partial charge in [-0.1, -0.05) is 6.92 Å². The number of carbonyl (C=O) groups is 1. The van der Waals surface area contributed by atoms with Gasteiger partial charge in [-0.05, 0) is 50.9 Å². The summed E-state index contributed by atoms with van der Waals surface area (Å²) in [5.74, 6) is 0.853. The predicted molar refractivity (Wildman–Crippen MR) is 82.6 cm³/mol. The predicted octanol–water partition coefficient (Wildman–Crippen LogP) is 1.94. The van der Waals surface area contributed by atoms with Crippen LogP contribution in [0.15, 0.2) is 18.3 Å². The number of nitrogens with one attached hydrogen (secondary N) is 1. The normalized spacial score (nSPS) is 19.2. The molecule has 1 amide bonds. The molecule has 1 fully saturated rings. The molecule has 116 valence electrons. The maximum atomic E-state index is 12.3. The quantitative estimate of drug-likeness (QED) is 0.870. The van der Waals surface area contributed by atoms with Crippen molar-refractivity contribution in [1.82, 2.24) is 15.2 Å². The molecule has 1 saturated heterocycles. The highest BCUT2D eigenvalue weighted by Crippen LogP contribution is 2.17. The zero-order chi connectivity index (χ0) is 15.1. The lowest BCUT2D eigenvalue weighted by Crippen LogP contribution is -2.40. The molecule has 0 saturated carbocycles. The summed E-state index contributed by atoms with van der Waals surface area (Å²) >= 11 is 0. The number of ether oxygens (including phenoxy) is 1. The fourth-order valence-electron chi connectivity index (χ4n) is 2.75. The fourth-order valence-corrected chi connectivity index (χ4v) is 2.75. The van der Waals surface area contributed by atoms with Gasteiger partial charge in [0.2, 0.25) is 5.88 Å². The molecular formula is C16H25N3O2. The lowest BCUT2D eigenvalue weighted by atomic mass is 9.98. The maximum absolute atomic E-state index is 12.3. The van der Waals surface area contributed by atoms with Gasteiger partial charge in [-0.15, -0.1) is 0 Å². The molecule has 1 atom stereocenters. The molecule has 1 aromatic rings. The van der Waals surface area contributed by atoms with Crippen molar-refractivity contribution in [3.63, 3.8) is 0 Å². The lowest BCUT2D eigenvalue weighted by Gasteiger charge is -2.31. The molecule has 0 unspecified atom stereocenters. The summed E-state index contributed by atoms with van der Waals surface area (Å²) in [5, 5.41) is 3.03. The second-order valence-electron chi connectivity index (χ2n) is 5.40. The zero-order valence-corrected chi connectivity index (χ0v) is 13.0. The Hall–Kier alpha value is -1.62. The number of piperidine rings is 1. The Balaban J connectivity index is 1.90. The largest absolute Gasteiger partial charge is 0.477 e. The van der Waals surface area contributed by atoms with E-state index >= 15 is 0 Å². The van der Waals surface area contributed by atoms with Crippen molar-refractivity contribution in [3.8, 4) is 5.88 Å². The minimum absolute atomic E-state index is 0.0971. The fraction of sp³-hybridized carbons (Fsp3) is 0.625. The number of pyridine rings is 1. The van der Waals surface area contributed by atoms with Crippen LogP contribution in [-0.2, 0) is 0 Å². The van der Waals surface area contributed by atoms with Gasteiger partial charge in [-0.25, -0.2) is 4.98 Å². The standard InChI is InChI=1S/C16H25N3O2/c1-3-19-10-6-7-13(12-19)11-18-15(20)14-8-5-9-17-16(14)21-4-2/h5,8-9,13H,3-4,6-7,10-12H2,1-2H3,(H,18,20)/t13-/m1/s1. The molecule has 0 aromatic carbocycles. The van der Waals surface area contributed by atoms with Crippen molar-refractivity contribution in [2.75, 3.05) is 32.8 Å². The molecular weight excluding hydrogens is 266 g/mol. The minimum atomic E-state index is -0.0971. The molecule has 1 aliphatic rings. The highest BCUT2D eigenvalue weighted by molar-refractivity contribution is 5.96. The van der Waals surface area contributed by atoms with E-state index in [0.29, 0.717) is 24.0 Å². The topological polar surface area (TPSA) is 54.5 Å². The van der Waals surface area contributed by atoms with E-state index in [4.69, 9.17) is 4.74 Å². The average molecular weight is 291 g/mol. The molecule has 5 heteroatoms. The van der Waals surface area contributed by atoms with Crippen LogP contribution in [0.3, 0.4) is 0 Å². The van der Waals surface area contributed by atoms with Gasteiger partial charge < -0.3 is 15.0 Å². The second-order valence-corrected chi connectivity index (χ2v) is 5.40. The van der Waals surface area contributed by atoms with Crippen LogP contribution in [0.25, 0.3) is 0 Å². The van der Waals surface area contributed by atoms with Crippen LogP contribution < -0.4 is 10.1 Å². The third kappa shape index (κ3) is 4.43. The molecule has 21 heavy (non-hydrogen) atoms. The van der Waals surface area contributed by atoms with Gasteiger partial charge in [0, 0.05) is 19.3 Å². The Bertz CT molecular complexity index is 465. The summed E-state index contributed by atoms with van der Waals surface area (Å²) in [7, 11) is 0. The van der Waals surface area contributed by atoms with Crippen molar-refractivity contribution in [2.45, 2.75) is 26.7 Å². The minimum Gasteiger partial charge on any atom is -0.477 e. The first-order chi connectivity index (χ1) is 10.2. The van der Waals surface area contributed by atoms with E-state index in [9.17, 15) is 4.79 Å². The van der Waals surface area contributed by atoms with E-state index < -0.39 is 0 Å². The molecule has 0 aliphatic carbocycles. The summed E-state index contributed by atoms with van der Waals surface area (Å²) in [5.41, 5.74) is 0.516. The molecule has 1 aromatic heterocycles. The number of nitrogens with zero attached hydrogens (tertiary/aromatic N) is 2. The van der Waals surface area contributed by atoms with Gasteiger partial charge >= 0.3 is 0 Å². The molecule has 2 heterocycles. The Morgan fingerprint density at radius 2 is 2.38 bits per heavy atom. The molecule has 1 N–H and O–H groups in total. The summed E-state index contributed by atoms with van der Waals surface area (Å²) in [4.78, 5) is 18.8. The highest BCUT2D eigenvalue weighted by atomic mass is 16.5. The van der Waals surface area contributed by atoms with E-state index in [1.807, 2.05) is 6.92 Å². The van der Waals surface area contributed by atoms with Crippen LogP contribution in [0.4, 0.5) is 0 Å². The summed E-state index contributed by atoms with van der Waals surface area (Å²) in [6, 6.07) is 3.52. The highest BCUT2D eigenvalue weighted by Gasteiger charge is 2.20. The molecule has 0 spiro atoms. The van der Waals surface area contributed by atoms with Crippen LogP contribution in [0.5, 0.6) is 5.88 Å². The maximum Gasteiger partial charge on any atom is 0.256 e. The Morgan fingerprint density at radius 3 is 3.14 bits per heavy atom. The summed E-state index contributed by atoms with van der Waals surface area (Å²) < 4.78 is 5.40. The van der Waals surface area contributed by atoms with E-state index in [1.165, 1.54) is 19.4 Å². The van der Waals surface area contributed by atoms with Crippen molar-refractivity contribution < 1.29 is 9.53 Å². The summed E-state index contributed by atoms with van der Waals surface area (Å²) in [6.45, 7) is 8.63. The first-order valence-corrected chi connectivity index (χ1v) is 7.83. The number of carbonyl (C=O) groups excluding carboxylic acids is 1. The number of aromatic nitrogens is 1. The van der Waals surface area contributed by atoms with Crippen LogP contribution in [0.1, 0.15) is 37.0 Å². The van der Waals surface area contributed by atoms with Crippen LogP contribution in [-0.4, -0.2) is 48.6 Å². The summed E-state index contributed by atoms with van der Waals surface area (Å²) in [6.07, 6.45) is 4.04. The van der Waals surface area contributed by atoms with Gasteiger partial charge in [0.15, 0.2) is 0 Å². The van der Waals surface area contributed by atoms with Gasteiger partial charge in [-0.2, -0.15) is 0 Å². The second kappa shape index (κ2) is 7.98. The van der Waals surface area contributed by atoms with Crippen molar-refractivity contribution in [2.24, 2.45) is 5.92 Å². The number of hydrogen-bond acceptors (Lipinski definition) is 4. The first kappa shape index (κ1) is 15.8. The number of likely N-dealkylation sites (tertiary alicyclic amines) is 1. The average Bonchev–Trinajstić information content (AvgIpc) is 2.53. The third-order valence-corrected chi connectivity index (χ3v) is 3.90. The molecule has 1 aliphatic heterocycles. The molecule has 2 rings (SSSR count). The first-order valence-electron chi connectivity index (χ1n) is 7.83. The van der Waals surface area contributed by atoms with Crippen molar-refractivity contribution in [3.05, 3.63) is 23.9 Å². The van der Waals surface area contributed by atoms with Gasteiger partial charge in [0.05, 0.1) is 6.61 Å². The smallest absolute Gasteiger partial charge is 0.256 e. The Kier molecular flexibility index (Phi) is 5.99. The van der Waals surface area contributed by atoms with E-state index in [0.717, 1.165) is 19.6 Å². The Labute approximate surface area is 126 Å². The van der Waals surface area contributed by atoms with E-state index in [1.54, 1.807) is 18.3 Å². The van der Waals surface area contributed by atoms with Gasteiger partial charge in [-0.3, -0.25) is 4.79 Å². The van der Waals surface area contributed by atoms with Crippen LogP contribution in [0, 0.1) is 5.92 Å². The van der Waals surface area contributed by atoms with E-state index in [-0.39, 0.29) is 5.91 Å². The monoisotopic (exact) mass is 291 g/mol. The Morgan fingerprint density at radius 1 is 1.52 bits per heavy atom. The third-order valence-electron chi connectivity index (χ3n) is 3.90. The van der Waals surface area contributed by atoms with E-state index in [2.05, 4.69) is 22.1 Å². The number of rotatable bonds is 6. The van der Waals surface area contributed by atoms with Crippen LogP contribution in [0.2, 0.25) is 0 Å². The van der Waals surface area contributed by atoms with Gasteiger partial charge in [0.25, 0.3) is 5.91 Å². The lowest BCUT2D eigenvalue weighted by molar-refractivity contribution is 0.0929. The molecule has 0 radical (unpaired) electrons. The van der Waals surface area contributed by atoms with Crippen LogP contribution >= 0.6 is 0 Å².